The molecule has 0 spiro atoms. The Morgan fingerprint density at radius 3 is 2.89 bits per heavy atom. The van der Waals surface area contributed by atoms with Crippen LogP contribution in [0.2, 0.25) is 0 Å². The van der Waals surface area contributed by atoms with Crippen molar-refractivity contribution in [1.29, 1.82) is 0 Å². The first-order chi connectivity index (χ1) is 8.72. The molecule has 1 N–H and O–H groups in total. The van der Waals surface area contributed by atoms with E-state index in [0.717, 1.165) is 18.8 Å². The summed E-state index contributed by atoms with van der Waals surface area (Å²) in [6, 6.07) is 4.01. The van der Waals surface area contributed by atoms with Gasteiger partial charge in [-0.15, -0.1) is 0 Å². The molecule has 0 bridgehead atoms. The second kappa shape index (κ2) is 5.85. The third-order valence-corrected chi connectivity index (χ3v) is 3.64. The molecule has 1 unspecified atom stereocenters. The highest BCUT2D eigenvalue weighted by molar-refractivity contribution is 5.87. The fourth-order valence-electron chi connectivity index (χ4n) is 2.59. The second-order valence-corrected chi connectivity index (χ2v) is 4.82. The zero-order valence-corrected chi connectivity index (χ0v) is 10.8. The number of carboxylic acids is 1. The summed E-state index contributed by atoms with van der Waals surface area (Å²) < 4.78 is 0. The summed E-state index contributed by atoms with van der Waals surface area (Å²) in [5.41, 5.74) is 0.252. The van der Waals surface area contributed by atoms with Crippen molar-refractivity contribution in [2.75, 3.05) is 11.4 Å². The second-order valence-electron chi connectivity index (χ2n) is 4.82. The minimum absolute atomic E-state index is 0.252. The maximum absolute atomic E-state index is 10.8. The van der Waals surface area contributed by atoms with Gasteiger partial charge in [0.25, 0.3) is 0 Å². The van der Waals surface area contributed by atoms with Gasteiger partial charge in [0.2, 0.25) is 0 Å². The minimum Gasteiger partial charge on any atom is -0.478 e. The van der Waals surface area contributed by atoms with Crippen LogP contribution in [0.1, 0.15) is 49.4 Å². The Balaban J connectivity index is 2.19. The fourth-order valence-corrected chi connectivity index (χ4v) is 2.59. The quantitative estimate of drug-likeness (QED) is 0.893. The van der Waals surface area contributed by atoms with Crippen LogP contribution in [0.4, 0.5) is 5.82 Å². The third kappa shape index (κ3) is 2.81. The predicted molar refractivity (Wildman–Crippen MR) is 71.1 cm³/mol. The maximum atomic E-state index is 10.8. The van der Waals surface area contributed by atoms with Crippen LogP contribution in [0.15, 0.2) is 18.3 Å². The lowest BCUT2D eigenvalue weighted by Gasteiger charge is -2.30. The molecule has 1 aliphatic rings. The molecule has 0 radical (unpaired) electrons. The average molecular weight is 248 g/mol. The largest absolute Gasteiger partial charge is 0.478 e. The van der Waals surface area contributed by atoms with Crippen molar-refractivity contribution in [2.24, 2.45) is 0 Å². The van der Waals surface area contributed by atoms with Crippen molar-refractivity contribution in [3.63, 3.8) is 0 Å². The van der Waals surface area contributed by atoms with Crippen LogP contribution >= 0.6 is 0 Å². The van der Waals surface area contributed by atoms with Crippen LogP contribution in [0.3, 0.4) is 0 Å². The number of aromatic nitrogens is 1. The van der Waals surface area contributed by atoms with Gasteiger partial charge >= 0.3 is 5.97 Å². The number of pyridine rings is 1. The van der Waals surface area contributed by atoms with Crippen molar-refractivity contribution in [1.82, 2.24) is 4.98 Å². The highest BCUT2D eigenvalue weighted by Gasteiger charge is 2.20. The number of anilines is 1. The molecule has 18 heavy (non-hydrogen) atoms. The van der Waals surface area contributed by atoms with Crippen LogP contribution in [-0.2, 0) is 0 Å². The fraction of sp³-hybridized carbons (Fsp3) is 0.571. The first kappa shape index (κ1) is 12.9. The van der Waals surface area contributed by atoms with E-state index in [0.29, 0.717) is 6.04 Å². The molecule has 4 heteroatoms. The van der Waals surface area contributed by atoms with Gasteiger partial charge < -0.3 is 10.0 Å². The normalized spacial score (nSPS) is 20.5. The van der Waals surface area contributed by atoms with E-state index in [9.17, 15) is 4.79 Å². The van der Waals surface area contributed by atoms with E-state index >= 15 is 0 Å². The van der Waals surface area contributed by atoms with Gasteiger partial charge in [0, 0.05) is 18.8 Å². The van der Waals surface area contributed by atoms with E-state index in [2.05, 4.69) is 16.8 Å². The molecule has 0 aliphatic carbocycles. The summed E-state index contributed by atoms with van der Waals surface area (Å²) in [4.78, 5) is 17.5. The van der Waals surface area contributed by atoms with Crippen molar-refractivity contribution < 1.29 is 9.90 Å². The summed E-state index contributed by atoms with van der Waals surface area (Å²) in [7, 11) is 0. The first-order valence-electron chi connectivity index (χ1n) is 6.68. The van der Waals surface area contributed by atoms with Gasteiger partial charge in [0.15, 0.2) is 0 Å². The number of nitrogens with zero attached hydrogens (tertiary/aromatic N) is 2. The van der Waals surface area contributed by atoms with Crippen molar-refractivity contribution >= 4 is 11.8 Å². The van der Waals surface area contributed by atoms with Gasteiger partial charge in [0.1, 0.15) is 5.82 Å². The standard InChI is InChI=1S/C14H20N2O2/c1-2-12-6-4-3-5-9-16(12)13-8-7-11(10-15-13)14(17)18/h7-8,10,12H,2-6,9H2,1H3,(H,17,18). The molecule has 0 amide bonds. The third-order valence-electron chi connectivity index (χ3n) is 3.64. The van der Waals surface area contributed by atoms with Crippen molar-refractivity contribution in [3.8, 4) is 0 Å². The zero-order chi connectivity index (χ0) is 13.0. The first-order valence-corrected chi connectivity index (χ1v) is 6.68. The molecule has 0 saturated carbocycles. The molecule has 4 nitrogen and oxygen atoms in total. The topological polar surface area (TPSA) is 53.4 Å². The number of aromatic carboxylic acids is 1. The van der Waals surface area contributed by atoms with E-state index in [4.69, 9.17) is 5.11 Å². The summed E-state index contributed by atoms with van der Waals surface area (Å²) in [6.45, 7) is 3.23. The molecular weight excluding hydrogens is 228 g/mol. The predicted octanol–water partition coefficient (Wildman–Crippen LogP) is 2.94. The number of hydrogen-bond acceptors (Lipinski definition) is 3. The van der Waals surface area contributed by atoms with Gasteiger partial charge in [-0.25, -0.2) is 9.78 Å². The Labute approximate surface area is 108 Å². The lowest BCUT2D eigenvalue weighted by atomic mass is 10.1. The number of hydrogen-bond donors (Lipinski definition) is 1. The zero-order valence-electron chi connectivity index (χ0n) is 10.8. The van der Waals surface area contributed by atoms with Gasteiger partial charge in [-0.05, 0) is 31.4 Å². The molecule has 1 aromatic heterocycles. The van der Waals surface area contributed by atoms with Crippen LogP contribution in [-0.4, -0.2) is 28.6 Å². The molecule has 1 atom stereocenters. The maximum Gasteiger partial charge on any atom is 0.337 e. The van der Waals surface area contributed by atoms with E-state index in [1.807, 2.05) is 6.07 Å². The van der Waals surface area contributed by atoms with E-state index < -0.39 is 5.97 Å². The summed E-state index contributed by atoms with van der Waals surface area (Å²) in [5, 5.41) is 8.88. The molecule has 0 aromatic carbocycles. The summed E-state index contributed by atoms with van der Waals surface area (Å²) >= 11 is 0. The number of carbonyl (C=O) groups is 1. The molecule has 2 heterocycles. The highest BCUT2D eigenvalue weighted by atomic mass is 16.4. The summed E-state index contributed by atoms with van der Waals surface area (Å²) in [6.07, 6.45) is 7.53. The molecule has 1 aromatic rings. The van der Waals surface area contributed by atoms with Gasteiger partial charge in [0.05, 0.1) is 5.56 Å². The van der Waals surface area contributed by atoms with Crippen LogP contribution in [0.5, 0.6) is 0 Å². The summed E-state index contributed by atoms with van der Waals surface area (Å²) in [5.74, 6) is -0.00860. The van der Waals surface area contributed by atoms with Gasteiger partial charge in [-0.1, -0.05) is 19.8 Å². The minimum atomic E-state index is -0.919. The SMILES string of the molecule is CCC1CCCCCN1c1ccc(C(=O)O)cn1. The van der Waals surface area contributed by atoms with Crippen LogP contribution in [0, 0.1) is 0 Å². The molecule has 1 saturated heterocycles. The lowest BCUT2D eigenvalue weighted by Crippen LogP contribution is -2.35. The molecule has 1 aliphatic heterocycles. The van der Waals surface area contributed by atoms with Crippen LogP contribution < -0.4 is 4.90 Å². The lowest BCUT2D eigenvalue weighted by molar-refractivity contribution is 0.0696. The van der Waals surface area contributed by atoms with E-state index in [-0.39, 0.29) is 5.56 Å². The molecule has 1 fully saturated rings. The number of rotatable bonds is 3. The van der Waals surface area contributed by atoms with Crippen molar-refractivity contribution in [3.05, 3.63) is 23.9 Å². The van der Waals surface area contributed by atoms with E-state index in [1.54, 1.807) is 6.07 Å². The van der Waals surface area contributed by atoms with Crippen LogP contribution in [0.25, 0.3) is 0 Å². The van der Waals surface area contributed by atoms with Gasteiger partial charge in [-0.3, -0.25) is 0 Å². The Morgan fingerprint density at radius 2 is 2.28 bits per heavy atom. The van der Waals surface area contributed by atoms with Gasteiger partial charge in [-0.2, -0.15) is 0 Å². The Bertz CT molecular complexity index is 403. The Hall–Kier alpha value is -1.58. The number of carboxylic acid groups (broad SMARTS) is 1. The Morgan fingerprint density at radius 1 is 1.44 bits per heavy atom. The van der Waals surface area contributed by atoms with Crippen molar-refractivity contribution in [2.45, 2.75) is 45.1 Å². The average Bonchev–Trinajstić information content (AvgIpc) is 2.63. The molecule has 98 valence electrons. The smallest absolute Gasteiger partial charge is 0.337 e. The molecule has 2 rings (SSSR count). The highest BCUT2D eigenvalue weighted by Crippen LogP contribution is 2.24. The van der Waals surface area contributed by atoms with E-state index in [1.165, 1.54) is 31.9 Å². The monoisotopic (exact) mass is 248 g/mol. The Kier molecular flexibility index (Phi) is 4.18. The molecular formula is C14H20N2O2.